The molecule has 6 heteroatoms. The Morgan fingerprint density at radius 3 is 2.95 bits per heavy atom. The normalized spacial score (nSPS) is 11.3. The van der Waals surface area contributed by atoms with Gasteiger partial charge < -0.3 is 14.4 Å². The topological polar surface area (TPSA) is 86.5 Å². The quantitative estimate of drug-likeness (QED) is 0.815. The third kappa shape index (κ3) is 3.69. The highest BCUT2D eigenvalue weighted by molar-refractivity contribution is 5.72. The Morgan fingerprint density at radius 2 is 2.21 bits per heavy atom. The molecule has 2 N–H and O–H groups in total. The fourth-order valence-corrected chi connectivity index (χ4v) is 1.87. The summed E-state index contributed by atoms with van der Waals surface area (Å²) in [6.07, 6.45) is 0.934. The summed E-state index contributed by atoms with van der Waals surface area (Å²) in [4.78, 5) is 26.1. The van der Waals surface area contributed by atoms with Crippen LogP contribution in [-0.2, 0) is 11.2 Å². The van der Waals surface area contributed by atoms with Gasteiger partial charge in [-0.3, -0.25) is 9.78 Å². The number of fused-ring (bicyclic) bond motifs is 1. The zero-order valence-corrected chi connectivity index (χ0v) is 10.7. The zero-order chi connectivity index (χ0) is 13.8. The summed E-state index contributed by atoms with van der Waals surface area (Å²) in [6.45, 7) is 1.29. The highest BCUT2D eigenvalue weighted by atomic mass is 16.4. The molecule has 19 heavy (non-hydrogen) atoms. The number of carboxylic acids is 1. The van der Waals surface area contributed by atoms with E-state index in [1.807, 2.05) is 24.1 Å². The van der Waals surface area contributed by atoms with Crippen LogP contribution in [0.1, 0.15) is 12.0 Å². The molecule has 0 unspecified atom stereocenters. The van der Waals surface area contributed by atoms with E-state index in [-0.39, 0.29) is 6.42 Å². The molecule has 2 aromatic rings. The van der Waals surface area contributed by atoms with Crippen LogP contribution in [0.2, 0.25) is 0 Å². The second kappa shape index (κ2) is 5.71. The van der Waals surface area contributed by atoms with Crippen molar-refractivity contribution in [2.75, 3.05) is 20.1 Å². The molecule has 0 bridgehead atoms. The van der Waals surface area contributed by atoms with E-state index in [1.165, 1.54) is 0 Å². The number of oxazole rings is 1. The number of aliphatic carboxylic acids is 1. The SMILES string of the molecule is CN(CCC(=O)O)CCc1ccc2oc(=O)[nH]c2c1. The average molecular weight is 264 g/mol. The monoisotopic (exact) mass is 264 g/mol. The van der Waals surface area contributed by atoms with Gasteiger partial charge in [-0.25, -0.2) is 4.79 Å². The van der Waals surface area contributed by atoms with Crippen molar-refractivity contribution in [3.8, 4) is 0 Å². The van der Waals surface area contributed by atoms with Crippen LogP contribution in [0.25, 0.3) is 11.1 Å². The van der Waals surface area contributed by atoms with Crippen LogP contribution in [0.5, 0.6) is 0 Å². The molecule has 1 heterocycles. The van der Waals surface area contributed by atoms with E-state index in [0.29, 0.717) is 17.6 Å². The van der Waals surface area contributed by atoms with Crippen LogP contribution < -0.4 is 5.76 Å². The van der Waals surface area contributed by atoms with E-state index in [1.54, 1.807) is 6.07 Å². The van der Waals surface area contributed by atoms with Crippen LogP contribution >= 0.6 is 0 Å². The summed E-state index contributed by atoms with van der Waals surface area (Å²) in [7, 11) is 1.89. The van der Waals surface area contributed by atoms with Gasteiger partial charge in [-0.05, 0) is 31.2 Å². The maximum absolute atomic E-state index is 11.0. The predicted molar refractivity (Wildman–Crippen MR) is 70.3 cm³/mol. The fraction of sp³-hybridized carbons (Fsp3) is 0.385. The first-order chi connectivity index (χ1) is 9.04. The lowest BCUT2D eigenvalue weighted by Crippen LogP contribution is -2.24. The van der Waals surface area contributed by atoms with Gasteiger partial charge in [0.1, 0.15) is 0 Å². The average Bonchev–Trinajstić information content (AvgIpc) is 2.73. The fourth-order valence-electron chi connectivity index (χ4n) is 1.87. The van der Waals surface area contributed by atoms with Gasteiger partial charge in [0.25, 0.3) is 0 Å². The minimum Gasteiger partial charge on any atom is -0.481 e. The summed E-state index contributed by atoms with van der Waals surface area (Å²) in [5, 5.41) is 8.60. The van der Waals surface area contributed by atoms with Crippen molar-refractivity contribution in [3.05, 3.63) is 34.3 Å². The van der Waals surface area contributed by atoms with E-state index >= 15 is 0 Å². The molecule has 0 atom stereocenters. The second-order valence-electron chi connectivity index (χ2n) is 4.54. The lowest BCUT2D eigenvalue weighted by atomic mass is 10.1. The first kappa shape index (κ1) is 13.4. The number of H-pyrrole nitrogens is 1. The third-order valence-corrected chi connectivity index (χ3v) is 2.97. The number of nitrogens with one attached hydrogen (secondary N) is 1. The van der Waals surface area contributed by atoms with Crippen molar-refractivity contribution in [2.24, 2.45) is 0 Å². The number of carbonyl (C=O) groups is 1. The Hall–Kier alpha value is -2.08. The number of aromatic nitrogens is 1. The largest absolute Gasteiger partial charge is 0.481 e. The van der Waals surface area contributed by atoms with E-state index in [2.05, 4.69) is 4.98 Å². The van der Waals surface area contributed by atoms with Crippen LogP contribution in [0.15, 0.2) is 27.4 Å². The van der Waals surface area contributed by atoms with Crippen LogP contribution in [0, 0.1) is 0 Å². The molecule has 6 nitrogen and oxygen atoms in total. The Balaban J connectivity index is 1.93. The lowest BCUT2D eigenvalue weighted by Gasteiger charge is -2.15. The Labute approximate surface area is 109 Å². The van der Waals surface area contributed by atoms with Gasteiger partial charge in [0, 0.05) is 13.1 Å². The number of rotatable bonds is 6. The molecule has 0 saturated carbocycles. The molecule has 0 fully saturated rings. The van der Waals surface area contributed by atoms with E-state index in [4.69, 9.17) is 9.52 Å². The summed E-state index contributed by atoms with van der Waals surface area (Å²) >= 11 is 0. The molecule has 0 radical (unpaired) electrons. The molecule has 0 saturated heterocycles. The Morgan fingerprint density at radius 1 is 1.42 bits per heavy atom. The Bertz CT molecular complexity index is 629. The summed E-state index contributed by atoms with van der Waals surface area (Å²) < 4.78 is 4.93. The van der Waals surface area contributed by atoms with Crippen LogP contribution in [0.4, 0.5) is 0 Å². The van der Waals surface area contributed by atoms with E-state index in [9.17, 15) is 9.59 Å². The molecular formula is C13H16N2O4. The number of carboxylic acid groups (broad SMARTS) is 1. The molecule has 1 aromatic carbocycles. The molecule has 0 aliphatic rings. The van der Waals surface area contributed by atoms with Gasteiger partial charge in [0.2, 0.25) is 0 Å². The molecule has 1 aromatic heterocycles. The summed E-state index contributed by atoms with van der Waals surface area (Å²) in [5.41, 5.74) is 2.32. The first-order valence-corrected chi connectivity index (χ1v) is 6.06. The number of nitrogens with zero attached hydrogens (tertiary/aromatic N) is 1. The van der Waals surface area contributed by atoms with E-state index in [0.717, 1.165) is 18.5 Å². The highest BCUT2D eigenvalue weighted by Crippen LogP contribution is 2.12. The number of hydrogen-bond donors (Lipinski definition) is 2. The zero-order valence-electron chi connectivity index (χ0n) is 10.7. The first-order valence-electron chi connectivity index (χ1n) is 6.06. The number of benzene rings is 1. The maximum atomic E-state index is 11.0. The summed E-state index contributed by atoms with van der Waals surface area (Å²) in [6, 6.07) is 5.55. The highest BCUT2D eigenvalue weighted by Gasteiger charge is 2.05. The van der Waals surface area contributed by atoms with Gasteiger partial charge in [-0.1, -0.05) is 6.07 Å². The smallest absolute Gasteiger partial charge is 0.417 e. The van der Waals surface area contributed by atoms with Crippen molar-refractivity contribution in [1.29, 1.82) is 0 Å². The minimum atomic E-state index is -0.788. The number of hydrogen-bond acceptors (Lipinski definition) is 4. The van der Waals surface area contributed by atoms with Gasteiger partial charge in [-0.15, -0.1) is 0 Å². The standard InChI is InChI=1S/C13H16N2O4/c1-15(7-5-12(16)17)6-4-9-2-3-11-10(8-9)14-13(18)19-11/h2-3,8H,4-7H2,1H3,(H,14,18)(H,16,17). The van der Waals surface area contributed by atoms with Crippen molar-refractivity contribution < 1.29 is 14.3 Å². The van der Waals surface area contributed by atoms with E-state index < -0.39 is 11.7 Å². The molecular weight excluding hydrogens is 248 g/mol. The predicted octanol–water partition coefficient (Wildman–Crippen LogP) is 1.07. The number of likely N-dealkylation sites (N-methyl/N-ethyl adjacent to an activating group) is 1. The van der Waals surface area contributed by atoms with Crippen molar-refractivity contribution in [1.82, 2.24) is 9.88 Å². The Kier molecular flexibility index (Phi) is 4.01. The van der Waals surface area contributed by atoms with Crippen LogP contribution in [0.3, 0.4) is 0 Å². The molecule has 2 rings (SSSR count). The van der Waals surface area contributed by atoms with Gasteiger partial charge >= 0.3 is 11.7 Å². The van der Waals surface area contributed by atoms with Crippen molar-refractivity contribution in [3.63, 3.8) is 0 Å². The van der Waals surface area contributed by atoms with Crippen molar-refractivity contribution in [2.45, 2.75) is 12.8 Å². The van der Waals surface area contributed by atoms with Gasteiger partial charge in [0.05, 0.1) is 11.9 Å². The van der Waals surface area contributed by atoms with Gasteiger partial charge in [0.15, 0.2) is 5.58 Å². The van der Waals surface area contributed by atoms with Crippen LogP contribution in [-0.4, -0.2) is 41.1 Å². The molecule has 0 amide bonds. The third-order valence-electron chi connectivity index (χ3n) is 2.97. The lowest BCUT2D eigenvalue weighted by molar-refractivity contribution is -0.137. The molecule has 0 aliphatic carbocycles. The summed E-state index contributed by atoms with van der Waals surface area (Å²) in [5.74, 6) is -1.24. The van der Waals surface area contributed by atoms with Crippen molar-refractivity contribution >= 4 is 17.1 Å². The molecule has 102 valence electrons. The second-order valence-corrected chi connectivity index (χ2v) is 4.54. The molecule has 0 spiro atoms. The minimum absolute atomic E-state index is 0.143. The number of aromatic amines is 1. The maximum Gasteiger partial charge on any atom is 0.417 e. The van der Waals surface area contributed by atoms with Gasteiger partial charge in [-0.2, -0.15) is 0 Å². The molecule has 0 aliphatic heterocycles.